The van der Waals surface area contributed by atoms with Gasteiger partial charge in [-0.1, -0.05) is 12.1 Å². The highest BCUT2D eigenvalue weighted by molar-refractivity contribution is 7.99. The van der Waals surface area contributed by atoms with Gasteiger partial charge in [0.25, 0.3) is 0 Å². The molecule has 0 spiro atoms. The van der Waals surface area contributed by atoms with Crippen LogP contribution in [0.2, 0.25) is 0 Å². The van der Waals surface area contributed by atoms with Crippen molar-refractivity contribution in [2.45, 2.75) is 51.5 Å². The highest BCUT2D eigenvalue weighted by Crippen LogP contribution is 2.28. The zero-order chi connectivity index (χ0) is 16.8. The molecule has 3 rings (SSSR count). The first-order chi connectivity index (χ1) is 11.7. The minimum atomic E-state index is 0.160. The Morgan fingerprint density at radius 2 is 1.96 bits per heavy atom. The second kappa shape index (κ2) is 8.91. The highest BCUT2D eigenvalue weighted by atomic mass is 32.2. The molecule has 1 aromatic rings. The molecule has 0 bridgehead atoms. The first kappa shape index (κ1) is 17.8. The number of carbonyl (C=O) groups is 1. The molecule has 2 aliphatic heterocycles. The number of anilines is 1. The zero-order valence-corrected chi connectivity index (χ0v) is 15.6. The van der Waals surface area contributed by atoms with Gasteiger partial charge in [-0.25, -0.2) is 0 Å². The fourth-order valence-corrected chi connectivity index (χ4v) is 5.02. The van der Waals surface area contributed by atoms with Crippen LogP contribution in [0.4, 0.5) is 5.69 Å². The third-order valence-corrected chi connectivity index (χ3v) is 6.49. The van der Waals surface area contributed by atoms with Gasteiger partial charge in [0.1, 0.15) is 0 Å². The van der Waals surface area contributed by atoms with Crippen molar-refractivity contribution < 1.29 is 4.79 Å². The van der Waals surface area contributed by atoms with E-state index in [9.17, 15) is 4.79 Å². The predicted molar refractivity (Wildman–Crippen MR) is 104 cm³/mol. The van der Waals surface area contributed by atoms with E-state index in [2.05, 4.69) is 35.0 Å². The van der Waals surface area contributed by atoms with E-state index in [1.165, 1.54) is 55.8 Å². The molecule has 4 heteroatoms. The lowest BCUT2D eigenvalue weighted by atomic mass is 9.90. The lowest BCUT2D eigenvalue weighted by Gasteiger charge is -2.39. The number of carbonyl (C=O) groups excluding carboxylic acids is 1. The first-order valence-corrected chi connectivity index (χ1v) is 10.5. The number of thioether (sulfide) groups is 1. The number of piperidine rings is 1. The number of nitrogens with one attached hydrogen (secondary N) is 1. The van der Waals surface area contributed by atoms with Crippen LogP contribution in [-0.4, -0.2) is 41.4 Å². The summed E-state index contributed by atoms with van der Waals surface area (Å²) in [6.45, 7) is 4.52. The number of hydrogen-bond acceptors (Lipinski definition) is 3. The Labute approximate surface area is 150 Å². The zero-order valence-electron chi connectivity index (χ0n) is 14.8. The molecular weight excluding hydrogens is 316 g/mol. The lowest BCUT2D eigenvalue weighted by molar-refractivity contribution is -0.116. The van der Waals surface area contributed by atoms with E-state index in [-0.39, 0.29) is 5.91 Å². The number of amides is 1. The van der Waals surface area contributed by atoms with Gasteiger partial charge in [0.15, 0.2) is 0 Å². The van der Waals surface area contributed by atoms with Gasteiger partial charge in [-0.15, -0.1) is 0 Å². The maximum Gasteiger partial charge on any atom is 0.224 e. The summed E-state index contributed by atoms with van der Waals surface area (Å²) in [5, 5.41) is 3.03. The van der Waals surface area contributed by atoms with Crippen molar-refractivity contribution in [2.75, 3.05) is 29.9 Å². The summed E-state index contributed by atoms with van der Waals surface area (Å²) in [6.07, 6.45) is 6.95. The van der Waals surface area contributed by atoms with Gasteiger partial charge in [-0.2, -0.15) is 11.8 Å². The molecule has 1 N–H and O–H groups in total. The summed E-state index contributed by atoms with van der Waals surface area (Å²) in [5.41, 5.74) is 2.10. The molecule has 2 heterocycles. The first-order valence-electron chi connectivity index (χ1n) is 9.39. The van der Waals surface area contributed by atoms with Crippen molar-refractivity contribution in [3.05, 3.63) is 29.8 Å². The summed E-state index contributed by atoms with van der Waals surface area (Å²) >= 11 is 2.10. The number of hydrogen-bond donors (Lipinski definition) is 1. The van der Waals surface area contributed by atoms with Crippen molar-refractivity contribution in [3.8, 4) is 0 Å². The van der Waals surface area contributed by atoms with Crippen LogP contribution in [0.5, 0.6) is 0 Å². The van der Waals surface area contributed by atoms with Crippen molar-refractivity contribution >= 4 is 23.4 Å². The molecule has 24 heavy (non-hydrogen) atoms. The molecule has 0 unspecified atom stereocenters. The van der Waals surface area contributed by atoms with E-state index in [0.29, 0.717) is 6.42 Å². The Hall–Kier alpha value is -1.00. The van der Waals surface area contributed by atoms with E-state index >= 15 is 0 Å². The van der Waals surface area contributed by atoms with E-state index in [4.69, 9.17) is 0 Å². The lowest BCUT2D eigenvalue weighted by Crippen LogP contribution is -2.43. The second-order valence-corrected chi connectivity index (χ2v) is 8.50. The average molecular weight is 347 g/mol. The molecule has 0 aliphatic carbocycles. The number of benzene rings is 1. The minimum absolute atomic E-state index is 0.160. The van der Waals surface area contributed by atoms with Crippen molar-refractivity contribution in [1.82, 2.24) is 4.90 Å². The topological polar surface area (TPSA) is 32.3 Å². The molecule has 1 amide bonds. The largest absolute Gasteiger partial charge is 0.326 e. The quantitative estimate of drug-likeness (QED) is 0.862. The minimum Gasteiger partial charge on any atom is -0.326 e. The summed E-state index contributed by atoms with van der Waals surface area (Å²) < 4.78 is 0. The van der Waals surface area contributed by atoms with E-state index in [1.807, 2.05) is 18.2 Å². The van der Waals surface area contributed by atoms with E-state index in [0.717, 1.165) is 24.1 Å². The highest BCUT2D eigenvalue weighted by Gasteiger charge is 2.26. The molecule has 0 aromatic heterocycles. The van der Waals surface area contributed by atoms with Crippen LogP contribution in [-0.2, 0) is 4.79 Å². The van der Waals surface area contributed by atoms with Gasteiger partial charge in [0, 0.05) is 18.2 Å². The number of rotatable bonds is 5. The summed E-state index contributed by atoms with van der Waals surface area (Å²) in [7, 11) is 0. The SMILES string of the molecule is Cc1cccc(NC(=O)CCC2CCN(C3CCSCC3)CC2)c1. The van der Waals surface area contributed by atoms with E-state index < -0.39 is 0 Å². The number of likely N-dealkylation sites (tertiary alicyclic amines) is 1. The molecule has 1 aromatic carbocycles. The predicted octanol–water partition coefficient (Wildman–Crippen LogP) is 4.32. The van der Waals surface area contributed by atoms with Gasteiger partial charge >= 0.3 is 0 Å². The van der Waals surface area contributed by atoms with Crippen LogP contribution in [0.3, 0.4) is 0 Å². The van der Waals surface area contributed by atoms with Gasteiger partial charge in [0.2, 0.25) is 5.91 Å². The van der Waals surface area contributed by atoms with Crippen LogP contribution in [0, 0.1) is 12.8 Å². The molecule has 2 saturated heterocycles. The van der Waals surface area contributed by atoms with E-state index in [1.54, 1.807) is 0 Å². The average Bonchev–Trinajstić information content (AvgIpc) is 2.61. The third-order valence-electron chi connectivity index (χ3n) is 5.44. The molecule has 3 nitrogen and oxygen atoms in total. The molecule has 0 radical (unpaired) electrons. The Kier molecular flexibility index (Phi) is 6.61. The second-order valence-electron chi connectivity index (χ2n) is 7.28. The molecular formula is C20H30N2OS. The maximum atomic E-state index is 12.2. The molecule has 2 fully saturated rings. The Balaban J connectivity index is 1.36. The van der Waals surface area contributed by atoms with Crippen LogP contribution < -0.4 is 5.32 Å². The van der Waals surface area contributed by atoms with Crippen LogP contribution in [0.15, 0.2) is 24.3 Å². The van der Waals surface area contributed by atoms with Crippen molar-refractivity contribution in [3.63, 3.8) is 0 Å². The Morgan fingerprint density at radius 1 is 1.21 bits per heavy atom. The molecule has 132 valence electrons. The molecule has 0 atom stereocenters. The fourth-order valence-electron chi connectivity index (χ4n) is 3.94. The third kappa shape index (κ3) is 5.25. The number of nitrogens with zero attached hydrogens (tertiary/aromatic N) is 1. The van der Waals surface area contributed by atoms with Crippen molar-refractivity contribution in [1.29, 1.82) is 0 Å². The smallest absolute Gasteiger partial charge is 0.224 e. The maximum absolute atomic E-state index is 12.2. The Morgan fingerprint density at radius 3 is 2.67 bits per heavy atom. The summed E-state index contributed by atoms with van der Waals surface area (Å²) in [6, 6.07) is 8.86. The van der Waals surface area contributed by atoms with Gasteiger partial charge in [-0.05, 0) is 87.2 Å². The van der Waals surface area contributed by atoms with Crippen LogP contribution >= 0.6 is 11.8 Å². The fraction of sp³-hybridized carbons (Fsp3) is 0.650. The van der Waals surface area contributed by atoms with Crippen molar-refractivity contribution in [2.24, 2.45) is 5.92 Å². The summed E-state index contributed by atoms with van der Waals surface area (Å²) in [5.74, 6) is 3.56. The van der Waals surface area contributed by atoms with Crippen LogP contribution in [0.25, 0.3) is 0 Å². The standard InChI is InChI=1S/C20H30N2OS/c1-16-3-2-4-18(15-16)21-20(23)6-5-17-7-11-22(12-8-17)19-9-13-24-14-10-19/h2-4,15,17,19H,5-14H2,1H3,(H,21,23). The van der Waals surface area contributed by atoms with Gasteiger partial charge in [-0.3, -0.25) is 4.79 Å². The number of aryl methyl sites for hydroxylation is 1. The normalized spacial score (nSPS) is 20.9. The molecule has 2 aliphatic rings. The monoisotopic (exact) mass is 346 g/mol. The van der Waals surface area contributed by atoms with Gasteiger partial charge in [0.05, 0.1) is 0 Å². The van der Waals surface area contributed by atoms with Crippen LogP contribution in [0.1, 0.15) is 44.1 Å². The molecule has 0 saturated carbocycles. The Bertz CT molecular complexity index is 534. The van der Waals surface area contributed by atoms with Gasteiger partial charge < -0.3 is 10.2 Å². The summed E-state index contributed by atoms with van der Waals surface area (Å²) in [4.78, 5) is 14.9.